The third-order valence-corrected chi connectivity index (χ3v) is 2.92. The van der Waals surface area contributed by atoms with Gasteiger partial charge in [-0.1, -0.05) is 18.5 Å². The van der Waals surface area contributed by atoms with E-state index in [0.717, 1.165) is 12.1 Å². The summed E-state index contributed by atoms with van der Waals surface area (Å²) in [5.41, 5.74) is 8.40. The maximum Gasteiger partial charge on any atom is 0.138 e. The van der Waals surface area contributed by atoms with Crippen LogP contribution in [0.15, 0.2) is 34.5 Å². The van der Waals surface area contributed by atoms with Gasteiger partial charge in [-0.05, 0) is 44.0 Å². The van der Waals surface area contributed by atoms with E-state index in [2.05, 4.69) is 18.8 Å². The fourth-order valence-electron chi connectivity index (χ4n) is 1.41. The number of allylic oxidation sites excluding steroid dienone is 1. The van der Waals surface area contributed by atoms with Crippen LogP contribution in [0.2, 0.25) is 5.02 Å². The Balaban J connectivity index is 2.80. The minimum absolute atomic E-state index is 0.410. The van der Waals surface area contributed by atoms with Gasteiger partial charge < -0.3 is 10.5 Å². The molecule has 0 unspecified atom stereocenters. The van der Waals surface area contributed by atoms with Gasteiger partial charge in [0, 0.05) is 11.9 Å². The monoisotopic (exact) mass is 266 g/mol. The average molecular weight is 267 g/mol. The third kappa shape index (κ3) is 4.08. The van der Waals surface area contributed by atoms with Crippen molar-refractivity contribution in [2.75, 3.05) is 12.3 Å². The first kappa shape index (κ1) is 14.6. The molecule has 1 rings (SSSR count). The predicted molar refractivity (Wildman–Crippen MR) is 78.5 cm³/mol. The Bertz CT molecular complexity index is 467. The van der Waals surface area contributed by atoms with E-state index in [1.54, 1.807) is 24.4 Å². The van der Waals surface area contributed by atoms with E-state index in [1.807, 2.05) is 6.92 Å². The Labute approximate surface area is 113 Å². The Morgan fingerprint density at radius 2 is 2.22 bits per heavy atom. The van der Waals surface area contributed by atoms with Crippen molar-refractivity contribution in [3.8, 4) is 5.75 Å². The summed E-state index contributed by atoms with van der Waals surface area (Å²) >= 11 is 6.04. The zero-order valence-electron chi connectivity index (χ0n) is 11.0. The zero-order valence-corrected chi connectivity index (χ0v) is 11.8. The molecule has 0 saturated carbocycles. The van der Waals surface area contributed by atoms with Crippen LogP contribution >= 0.6 is 11.6 Å². The summed E-state index contributed by atoms with van der Waals surface area (Å²) in [5, 5.41) is 0.518. The minimum atomic E-state index is 0.410. The molecule has 4 heteroatoms. The van der Waals surface area contributed by atoms with Crippen molar-refractivity contribution >= 4 is 23.5 Å². The van der Waals surface area contributed by atoms with Gasteiger partial charge >= 0.3 is 0 Å². The number of rotatable bonds is 5. The van der Waals surface area contributed by atoms with Gasteiger partial charge in [-0.3, -0.25) is 4.99 Å². The summed E-state index contributed by atoms with van der Waals surface area (Å²) in [4.78, 5) is 4.32. The van der Waals surface area contributed by atoms with Crippen molar-refractivity contribution < 1.29 is 4.74 Å². The van der Waals surface area contributed by atoms with Crippen LogP contribution < -0.4 is 10.5 Å². The van der Waals surface area contributed by atoms with Crippen LogP contribution in [0.4, 0.5) is 5.69 Å². The van der Waals surface area contributed by atoms with Gasteiger partial charge in [0.15, 0.2) is 0 Å². The number of ether oxygens (including phenoxy) is 1. The van der Waals surface area contributed by atoms with Gasteiger partial charge in [0.2, 0.25) is 0 Å². The van der Waals surface area contributed by atoms with E-state index in [4.69, 9.17) is 22.1 Å². The summed E-state index contributed by atoms with van der Waals surface area (Å²) in [6.45, 7) is 6.44. The van der Waals surface area contributed by atoms with E-state index in [-0.39, 0.29) is 0 Å². The Hall–Kier alpha value is -1.48. The molecular formula is C14H19ClN2O. The molecule has 0 aliphatic heterocycles. The van der Waals surface area contributed by atoms with Gasteiger partial charge in [-0.15, -0.1) is 0 Å². The number of aliphatic imine (C=N–C) groups is 1. The van der Waals surface area contributed by atoms with Crippen molar-refractivity contribution in [3.05, 3.63) is 34.5 Å². The summed E-state index contributed by atoms with van der Waals surface area (Å²) in [7, 11) is 0. The lowest BCUT2D eigenvalue weighted by atomic mass is 10.2. The van der Waals surface area contributed by atoms with Gasteiger partial charge in [0.1, 0.15) is 12.4 Å². The highest BCUT2D eigenvalue weighted by atomic mass is 35.5. The molecule has 1 aromatic rings. The molecule has 0 radical (unpaired) electrons. The molecule has 0 heterocycles. The fourth-order valence-corrected chi connectivity index (χ4v) is 1.65. The summed E-state index contributed by atoms with van der Waals surface area (Å²) in [6, 6.07) is 5.21. The van der Waals surface area contributed by atoms with Crippen LogP contribution in [0.5, 0.6) is 5.75 Å². The number of hydrogen-bond donors (Lipinski definition) is 1. The number of nitrogens with zero attached hydrogens (tertiary/aromatic N) is 1. The highest BCUT2D eigenvalue weighted by Gasteiger charge is 2.05. The largest absolute Gasteiger partial charge is 0.486 e. The number of nitrogen functional groups attached to an aromatic ring is 1. The fraction of sp³-hybridized carbons (Fsp3) is 0.357. The minimum Gasteiger partial charge on any atom is -0.486 e. The van der Waals surface area contributed by atoms with E-state index in [9.17, 15) is 0 Å². The molecule has 0 fully saturated rings. The normalized spacial score (nSPS) is 12.7. The summed E-state index contributed by atoms with van der Waals surface area (Å²) in [5.74, 6) is 0.624. The van der Waals surface area contributed by atoms with Crippen LogP contribution in [0.1, 0.15) is 27.2 Å². The third-order valence-electron chi connectivity index (χ3n) is 2.63. The summed E-state index contributed by atoms with van der Waals surface area (Å²) in [6.07, 6.45) is 2.72. The predicted octanol–water partition coefficient (Wildman–Crippen LogP) is 4.08. The van der Waals surface area contributed by atoms with Crippen molar-refractivity contribution in [2.45, 2.75) is 27.2 Å². The van der Waals surface area contributed by atoms with Gasteiger partial charge in [0.25, 0.3) is 0 Å². The molecule has 1 aromatic carbocycles. The first-order chi connectivity index (χ1) is 8.58. The number of halogens is 1. The van der Waals surface area contributed by atoms with E-state index < -0.39 is 0 Å². The standard InChI is InChI=1S/C14H19ClN2O/c1-4-10(3)13(17-5-2)9-18-14-7-6-11(16)8-12(14)15/h5-8H,4,9,16H2,1-3H3/b13-10-,17-5?. The quantitative estimate of drug-likeness (QED) is 0.645. The molecule has 0 spiro atoms. The molecule has 0 aliphatic carbocycles. The second-order valence-corrected chi connectivity index (χ2v) is 4.35. The van der Waals surface area contributed by atoms with E-state index >= 15 is 0 Å². The first-order valence-corrected chi connectivity index (χ1v) is 6.31. The molecule has 0 amide bonds. The second-order valence-electron chi connectivity index (χ2n) is 3.95. The average Bonchev–Trinajstić information content (AvgIpc) is 2.35. The van der Waals surface area contributed by atoms with Crippen LogP contribution in [0.3, 0.4) is 0 Å². The van der Waals surface area contributed by atoms with E-state index in [1.165, 1.54) is 5.57 Å². The maximum absolute atomic E-state index is 6.04. The number of anilines is 1. The first-order valence-electron chi connectivity index (χ1n) is 5.93. The number of hydrogen-bond acceptors (Lipinski definition) is 3. The van der Waals surface area contributed by atoms with Crippen molar-refractivity contribution in [1.82, 2.24) is 0 Å². The molecule has 3 nitrogen and oxygen atoms in total. The van der Waals surface area contributed by atoms with Crippen LogP contribution in [0, 0.1) is 0 Å². The molecule has 2 N–H and O–H groups in total. The smallest absolute Gasteiger partial charge is 0.138 e. The zero-order chi connectivity index (χ0) is 13.5. The Kier molecular flexibility index (Phi) is 5.72. The van der Waals surface area contributed by atoms with Crippen LogP contribution in [0.25, 0.3) is 0 Å². The van der Waals surface area contributed by atoms with Crippen molar-refractivity contribution in [1.29, 1.82) is 0 Å². The lowest BCUT2D eigenvalue weighted by Crippen LogP contribution is -2.03. The topological polar surface area (TPSA) is 47.6 Å². The van der Waals surface area contributed by atoms with Crippen molar-refractivity contribution in [3.63, 3.8) is 0 Å². The molecule has 18 heavy (non-hydrogen) atoms. The number of benzene rings is 1. The van der Waals surface area contributed by atoms with Gasteiger partial charge in [0.05, 0.1) is 10.7 Å². The lowest BCUT2D eigenvalue weighted by Gasteiger charge is -2.10. The molecule has 98 valence electrons. The van der Waals surface area contributed by atoms with Gasteiger partial charge in [-0.2, -0.15) is 0 Å². The maximum atomic E-state index is 6.04. The highest BCUT2D eigenvalue weighted by molar-refractivity contribution is 6.32. The number of nitrogens with two attached hydrogens (primary N) is 1. The second kappa shape index (κ2) is 7.07. The Morgan fingerprint density at radius 1 is 1.50 bits per heavy atom. The van der Waals surface area contributed by atoms with Gasteiger partial charge in [-0.25, -0.2) is 0 Å². The molecule has 0 aromatic heterocycles. The van der Waals surface area contributed by atoms with E-state index in [0.29, 0.717) is 23.1 Å². The van der Waals surface area contributed by atoms with Crippen LogP contribution in [-0.2, 0) is 0 Å². The molecular weight excluding hydrogens is 248 g/mol. The summed E-state index contributed by atoms with van der Waals surface area (Å²) < 4.78 is 5.67. The molecule has 0 aliphatic rings. The molecule has 0 atom stereocenters. The molecule has 0 saturated heterocycles. The molecule has 0 bridgehead atoms. The van der Waals surface area contributed by atoms with Crippen LogP contribution in [-0.4, -0.2) is 12.8 Å². The SMILES string of the molecule is CC=N/C(COc1ccc(N)cc1Cl)=C(/C)CC. The lowest BCUT2D eigenvalue weighted by molar-refractivity contribution is 0.349. The van der Waals surface area contributed by atoms with Crippen molar-refractivity contribution in [2.24, 2.45) is 4.99 Å². The Morgan fingerprint density at radius 3 is 2.78 bits per heavy atom. The highest BCUT2D eigenvalue weighted by Crippen LogP contribution is 2.27.